The van der Waals surface area contributed by atoms with E-state index in [-0.39, 0.29) is 6.54 Å². The van der Waals surface area contributed by atoms with Crippen LogP contribution in [0.5, 0.6) is 5.75 Å². The van der Waals surface area contributed by atoms with Gasteiger partial charge in [0.05, 0.1) is 19.0 Å². The number of hydrazone groups is 1. The molecule has 0 spiro atoms. The maximum atomic E-state index is 12.1. The molecule has 3 aromatic carbocycles. The van der Waals surface area contributed by atoms with Gasteiger partial charge in [0.15, 0.2) is 0 Å². The number of aryl methyl sites for hydroxylation is 2. The number of amides is 2. The molecule has 3 N–H and O–H groups in total. The zero-order valence-corrected chi connectivity index (χ0v) is 19.0. The van der Waals surface area contributed by atoms with E-state index in [1.165, 1.54) is 11.8 Å². The average Bonchev–Trinajstić information content (AvgIpc) is 2.84. The largest absolute Gasteiger partial charge is 0.495 e. The molecular formula is C26H28N4O3. The van der Waals surface area contributed by atoms with Crippen LogP contribution in [0.15, 0.2) is 71.8 Å². The maximum absolute atomic E-state index is 12.1. The molecule has 0 radical (unpaired) electrons. The minimum atomic E-state index is -0.840. The minimum absolute atomic E-state index is 0.264. The van der Waals surface area contributed by atoms with Crippen LogP contribution in [0.3, 0.4) is 0 Å². The monoisotopic (exact) mass is 444 g/mol. The number of rotatable bonds is 8. The highest BCUT2D eigenvalue weighted by molar-refractivity contribution is 6.35. The molecule has 0 aliphatic heterocycles. The molecule has 170 valence electrons. The first-order valence-electron chi connectivity index (χ1n) is 10.7. The molecule has 3 aromatic rings. The van der Waals surface area contributed by atoms with Crippen LogP contribution in [-0.2, 0) is 22.6 Å². The van der Waals surface area contributed by atoms with Gasteiger partial charge in [-0.15, -0.1) is 0 Å². The highest BCUT2D eigenvalue weighted by Gasteiger charge is 2.13. The first kappa shape index (κ1) is 23.5. The van der Waals surface area contributed by atoms with Gasteiger partial charge >= 0.3 is 11.8 Å². The van der Waals surface area contributed by atoms with Crippen molar-refractivity contribution in [1.82, 2.24) is 10.7 Å². The molecule has 0 aromatic heterocycles. The van der Waals surface area contributed by atoms with Crippen LogP contribution in [-0.4, -0.2) is 25.1 Å². The number of nitrogens with one attached hydrogen (secondary N) is 3. The highest BCUT2D eigenvalue weighted by atomic mass is 16.5. The van der Waals surface area contributed by atoms with Crippen LogP contribution < -0.4 is 20.8 Å². The molecule has 0 aliphatic carbocycles. The molecule has 33 heavy (non-hydrogen) atoms. The summed E-state index contributed by atoms with van der Waals surface area (Å²) in [7, 11) is 1.58. The molecule has 0 bridgehead atoms. The van der Waals surface area contributed by atoms with E-state index in [2.05, 4.69) is 28.1 Å². The summed E-state index contributed by atoms with van der Waals surface area (Å²) in [6.07, 6.45) is 2.42. The summed E-state index contributed by atoms with van der Waals surface area (Å²) in [6, 6.07) is 21.2. The van der Waals surface area contributed by atoms with Gasteiger partial charge in [-0.2, -0.15) is 5.10 Å². The zero-order valence-electron chi connectivity index (χ0n) is 19.0. The number of hydrogen-bond acceptors (Lipinski definition) is 5. The number of hydrogen-bond donors (Lipinski definition) is 3. The number of carbonyl (C=O) groups excluding carboxylic acids is 2. The van der Waals surface area contributed by atoms with Crippen LogP contribution in [0.1, 0.15) is 29.2 Å². The zero-order chi connectivity index (χ0) is 23.6. The third-order valence-electron chi connectivity index (χ3n) is 5.14. The second kappa shape index (κ2) is 11.5. The summed E-state index contributed by atoms with van der Waals surface area (Å²) in [4.78, 5) is 24.2. The van der Waals surface area contributed by atoms with Gasteiger partial charge in [0.1, 0.15) is 5.75 Å². The highest BCUT2D eigenvalue weighted by Crippen LogP contribution is 2.31. The van der Waals surface area contributed by atoms with Crippen molar-refractivity contribution < 1.29 is 14.3 Å². The molecule has 0 unspecified atom stereocenters. The SMILES string of the molecule is CCc1ccc(CNC(=O)C(=O)N/N=C\c2cccc(OC)c2Nc2ccccc2C)cc1. The Kier molecular flexibility index (Phi) is 8.18. The topological polar surface area (TPSA) is 91.8 Å². The van der Waals surface area contributed by atoms with Crippen molar-refractivity contribution in [3.63, 3.8) is 0 Å². The third-order valence-corrected chi connectivity index (χ3v) is 5.14. The summed E-state index contributed by atoms with van der Waals surface area (Å²) in [5, 5.41) is 9.92. The standard InChI is InChI=1S/C26H28N4O3/c1-4-19-12-14-20(15-13-19)16-27-25(31)26(32)30-28-17-21-9-7-11-23(33-3)24(21)29-22-10-6-5-8-18(22)2/h5-15,17,29H,4,16H2,1-3H3,(H,27,31)(H,30,32)/b28-17-. The summed E-state index contributed by atoms with van der Waals surface area (Å²) in [5.74, 6) is -0.969. The lowest BCUT2D eigenvalue weighted by Gasteiger charge is -2.15. The van der Waals surface area contributed by atoms with Crippen molar-refractivity contribution in [2.45, 2.75) is 26.8 Å². The number of nitrogens with zero attached hydrogens (tertiary/aromatic N) is 1. The fraction of sp³-hybridized carbons (Fsp3) is 0.192. The van der Waals surface area contributed by atoms with Crippen LogP contribution in [0.4, 0.5) is 11.4 Å². The first-order valence-corrected chi connectivity index (χ1v) is 10.7. The van der Waals surface area contributed by atoms with Crippen LogP contribution in [0.2, 0.25) is 0 Å². The normalized spacial score (nSPS) is 10.6. The molecular weight excluding hydrogens is 416 g/mol. The van der Waals surface area contributed by atoms with Gasteiger partial charge in [-0.25, -0.2) is 5.43 Å². The van der Waals surface area contributed by atoms with Crippen molar-refractivity contribution in [2.75, 3.05) is 12.4 Å². The molecule has 3 rings (SSSR count). The quantitative estimate of drug-likeness (QED) is 0.277. The van der Waals surface area contributed by atoms with Crippen molar-refractivity contribution in [3.8, 4) is 5.75 Å². The molecule has 7 heteroatoms. The summed E-state index contributed by atoms with van der Waals surface area (Å²) in [6.45, 7) is 4.34. The number of carbonyl (C=O) groups is 2. The van der Waals surface area contributed by atoms with Gasteiger partial charge in [0.2, 0.25) is 0 Å². The Morgan fingerprint density at radius 1 is 0.939 bits per heavy atom. The lowest BCUT2D eigenvalue weighted by Crippen LogP contribution is -2.37. The lowest BCUT2D eigenvalue weighted by molar-refractivity contribution is -0.139. The second-order valence-corrected chi connectivity index (χ2v) is 7.42. The van der Waals surface area contributed by atoms with E-state index >= 15 is 0 Å². The molecule has 0 aliphatic rings. The Labute approximate surface area is 193 Å². The molecule has 0 fully saturated rings. The van der Waals surface area contributed by atoms with E-state index in [9.17, 15) is 9.59 Å². The summed E-state index contributed by atoms with van der Waals surface area (Å²) in [5.41, 5.74) is 7.79. The van der Waals surface area contributed by atoms with Crippen molar-refractivity contribution in [3.05, 3.63) is 89.0 Å². The van der Waals surface area contributed by atoms with E-state index < -0.39 is 11.8 Å². The number of methoxy groups -OCH3 is 1. The van der Waals surface area contributed by atoms with E-state index in [4.69, 9.17) is 4.74 Å². The Hall–Kier alpha value is -4.13. The number of ether oxygens (including phenoxy) is 1. The molecule has 0 heterocycles. The fourth-order valence-corrected chi connectivity index (χ4v) is 3.17. The molecule has 0 atom stereocenters. The Balaban J connectivity index is 1.63. The third kappa shape index (κ3) is 6.43. The summed E-state index contributed by atoms with van der Waals surface area (Å²) < 4.78 is 5.48. The Bertz CT molecular complexity index is 1140. The van der Waals surface area contributed by atoms with Crippen molar-refractivity contribution in [2.24, 2.45) is 5.10 Å². The fourth-order valence-electron chi connectivity index (χ4n) is 3.17. The summed E-state index contributed by atoms with van der Waals surface area (Å²) >= 11 is 0. The van der Waals surface area contributed by atoms with Gasteiger partial charge < -0.3 is 15.4 Å². The number of benzene rings is 3. The van der Waals surface area contributed by atoms with Crippen molar-refractivity contribution >= 4 is 29.4 Å². The lowest BCUT2D eigenvalue weighted by atomic mass is 10.1. The Morgan fingerprint density at radius 3 is 2.36 bits per heavy atom. The van der Waals surface area contributed by atoms with Gasteiger partial charge in [-0.3, -0.25) is 9.59 Å². The second-order valence-electron chi connectivity index (χ2n) is 7.42. The number of para-hydroxylation sites is 2. The molecule has 0 saturated heterocycles. The van der Waals surface area contributed by atoms with E-state index in [0.717, 1.165) is 23.2 Å². The maximum Gasteiger partial charge on any atom is 0.329 e. The van der Waals surface area contributed by atoms with E-state index in [1.807, 2.05) is 73.7 Å². The van der Waals surface area contributed by atoms with Crippen LogP contribution in [0, 0.1) is 6.92 Å². The Morgan fingerprint density at radius 2 is 1.67 bits per heavy atom. The minimum Gasteiger partial charge on any atom is -0.495 e. The van der Waals surface area contributed by atoms with Gasteiger partial charge in [0, 0.05) is 17.8 Å². The van der Waals surface area contributed by atoms with Gasteiger partial charge in [0.25, 0.3) is 0 Å². The molecule has 2 amide bonds. The van der Waals surface area contributed by atoms with Gasteiger partial charge in [-0.1, -0.05) is 61.5 Å². The van der Waals surface area contributed by atoms with Gasteiger partial charge in [-0.05, 0) is 42.2 Å². The van der Waals surface area contributed by atoms with E-state index in [1.54, 1.807) is 7.11 Å². The van der Waals surface area contributed by atoms with Crippen LogP contribution >= 0.6 is 0 Å². The first-order chi connectivity index (χ1) is 16.0. The van der Waals surface area contributed by atoms with Crippen molar-refractivity contribution in [1.29, 1.82) is 0 Å². The van der Waals surface area contributed by atoms with Crippen LogP contribution in [0.25, 0.3) is 0 Å². The predicted octanol–water partition coefficient (Wildman–Crippen LogP) is 4.08. The smallest absolute Gasteiger partial charge is 0.329 e. The number of anilines is 2. The average molecular weight is 445 g/mol. The predicted molar refractivity (Wildman–Crippen MR) is 131 cm³/mol. The molecule has 0 saturated carbocycles. The molecule has 7 nitrogen and oxygen atoms in total. The van der Waals surface area contributed by atoms with E-state index in [0.29, 0.717) is 17.0 Å².